The van der Waals surface area contributed by atoms with Crippen LogP contribution in [-0.2, 0) is 16.0 Å². The van der Waals surface area contributed by atoms with Crippen molar-refractivity contribution in [2.75, 3.05) is 13.1 Å². The number of likely N-dealkylation sites (tertiary alicyclic amines) is 1. The zero-order valence-corrected chi connectivity index (χ0v) is 17.4. The van der Waals surface area contributed by atoms with Gasteiger partial charge in [-0.25, -0.2) is 0 Å². The van der Waals surface area contributed by atoms with Gasteiger partial charge in [0.15, 0.2) is 0 Å². The van der Waals surface area contributed by atoms with Gasteiger partial charge in [0.25, 0.3) is 0 Å². The number of rotatable bonds is 6. The quantitative estimate of drug-likeness (QED) is 0.746. The average molecular weight is 426 g/mol. The minimum atomic E-state index is -4.69. The maximum absolute atomic E-state index is 12.9. The molecule has 5 nitrogen and oxygen atoms in total. The number of benzene rings is 1. The third-order valence-corrected chi connectivity index (χ3v) is 6.02. The highest BCUT2D eigenvalue weighted by molar-refractivity contribution is 5.82. The molecule has 0 bridgehead atoms. The number of halogens is 3. The molecular weight excluding hydrogens is 397 g/mol. The summed E-state index contributed by atoms with van der Waals surface area (Å²) in [5, 5.41) is 3.00. The molecule has 0 unspecified atom stereocenters. The number of ether oxygens (including phenoxy) is 1. The molecule has 30 heavy (non-hydrogen) atoms. The van der Waals surface area contributed by atoms with Gasteiger partial charge >= 0.3 is 6.36 Å². The average Bonchev–Trinajstić information content (AvgIpc) is 2.66. The van der Waals surface area contributed by atoms with Gasteiger partial charge < -0.3 is 15.0 Å². The van der Waals surface area contributed by atoms with Crippen molar-refractivity contribution in [3.63, 3.8) is 0 Å². The number of hydrogen-bond donors (Lipinski definition) is 1. The summed E-state index contributed by atoms with van der Waals surface area (Å²) < 4.78 is 40.8. The minimum Gasteiger partial charge on any atom is -0.406 e. The van der Waals surface area contributed by atoms with E-state index in [-0.39, 0.29) is 34.9 Å². The molecule has 0 radical (unpaired) electrons. The Kier molecular flexibility index (Phi) is 6.62. The number of carbonyl (C=O) groups is 2. The van der Waals surface area contributed by atoms with Gasteiger partial charge in [0.05, 0.1) is 0 Å². The zero-order valence-electron chi connectivity index (χ0n) is 17.4. The lowest BCUT2D eigenvalue weighted by Gasteiger charge is -2.47. The van der Waals surface area contributed by atoms with E-state index >= 15 is 0 Å². The first-order chi connectivity index (χ1) is 14.1. The molecule has 1 aromatic carbocycles. The molecule has 2 fully saturated rings. The lowest BCUT2D eigenvalue weighted by molar-refractivity contribution is -0.274. The predicted molar refractivity (Wildman–Crippen MR) is 106 cm³/mol. The summed E-state index contributed by atoms with van der Waals surface area (Å²) >= 11 is 0. The summed E-state index contributed by atoms with van der Waals surface area (Å²) in [5.74, 6) is 0.160. The fourth-order valence-corrected chi connectivity index (χ4v) is 4.58. The number of nitrogens with zero attached hydrogens (tertiary/aromatic N) is 1. The Labute approximate surface area is 175 Å². The van der Waals surface area contributed by atoms with Gasteiger partial charge in [-0.2, -0.15) is 0 Å². The Morgan fingerprint density at radius 2 is 1.90 bits per heavy atom. The largest absolute Gasteiger partial charge is 0.573 e. The molecule has 1 atom stereocenters. The van der Waals surface area contributed by atoms with E-state index in [1.165, 1.54) is 12.1 Å². The van der Waals surface area contributed by atoms with E-state index in [1.54, 1.807) is 12.1 Å². The first-order valence-electron chi connectivity index (χ1n) is 10.5. The molecule has 1 N–H and O–H groups in total. The van der Waals surface area contributed by atoms with Crippen LogP contribution in [0.5, 0.6) is 5.75 Å². The molecule has 8 heteroatoms. The van der Waals surface area contributed by atoms with Crippen LogP contribution in [0.15, 0.2) is 24.3 Å². The molecule has 2 aliphatic rings. The number of nitrogens with one attached hydrogen (secondary N) is 1. The van der Waals surface area contributed by atoms with Gasteiger partial charge in [-0.1, -0.05) is 19.1 Å². The molecule has 1 aliphatic carbocycles. The molecule has 2 amide bonds. The first-order valence-corrected chi connectivity index (χ1v) is 10.5. The van der Waals surface area contributed by atoms with Crippen molar-refractivity contribution in [2.45, 2.75) is 64.3 Å². The molecule has 0 spiro atoms. The van der Waals surface area contributed by atoms with E-state index in [4.69, 9.17) is 0 Å². The highest BCUT2D eigenvalue weighted by atomic mass is 19.4. The van der Waals surface area contributed by atoms with E-state index in [2.05, 4.69) is 10.1 Å². The summed E-state index contributed by atoms with van der Waals surface area (Å²) in [7, 11) is 0. The van der Waals surface area contributed by atoms with Crippen LogP contribution in [0.3, 0.4) is 0 Å². The van der Waals surface area contributed by atoms with Crippen molar-refractivity contribution in [1.29, 1.82) is 0 Å². The van der Waals surface area contributed by atoms with Gasteiger partial charge in [0.1, 0.15) is 5.75 Å². The van der Waals surface area contributed by atoms with Crippen LogP contribution in [0.1, 0.15) is 51.5 Å². The van der Waals surface area contributed by atoms with Crippen LogP contribution in [0.4, 0.5) is 13.2 Å². The van der Waals surface area contributed by atoms with E-state index in [0.29, 0.717) is 32.2 Å². The van der Waals surface area contributed by atoms with Crippen molar-refractivity contribution in [3.05, 3.63) is 29.8 Å². The lowest BCUT2D eigenvalue weighted by Crippen LogP contribution is -2.59. The summed E-state index contributed by atoms with van der Waals surface area (Å²) in [6.45, 7) is 5.19. The summed E-state index contributed by atoms with van der Waals surface area (Å²) in [4.78, 5) is 26.4. The van der Waals surface area contributed by atoms with E-state index < -0.39 is 6.36 Å². The second kappa shape index (κ2) is 8.86. The molecule has 1 aliphatic heterocycles. The summed E-state index contributed by atoms with van der Waals surface area (Å²) in [5.41, 5.74) is 0.644. The molecule has 1 heterocycles. The Hall–Kier alpha value is -2.25. The Bertz CT molecular complexity index is 758. The third kappa shape index (κ3) is 5.89. The molecule has 166 valence electrons. The van der Waals surface area contributed by atoms with Crippen LogP contribution in [0.2, 0.25) is 0 Å². The maximum atomic E-state index is 12.9. The second-order valence-electron chi connectivity index (χ2n) is 8.76. The van der Waals surface area contributed by atoms with E-state index in [1.807, 2.05) is 18.7 Å². The fraction of sp³-hybridized carbons (Fsp3) is 0.636. The number of carbonyl (C=O) groups excluding carboxylic acids is 2. The molecular formula is C22H29F3N2O3. The van der Waals surface area contributed by atoms with Gasteiger partial charge in [-0.15, -0.1) is 13.2 Å². The first kappa shape index (κ1) is 22.4. The maximum Gasteiger partial charge on any atom is 0.573 e. The van der Waals surface area contributed by atoms with Crippen molar-refractivity contribution >= 4 is 11.8 Å². The van der Waals surface area contributed by atoms with Crippen LogP contribution in [0, 0.1) is 11.8 Å². The monoisotopic (exact) mass is 426 g/mol. The van der Waals surface area contributed by atoms with Crippen molar-refractivity contribution in [1.82, 2.24) is 10.2 Å². The van der Waals surface area contributed by atoms with Crippen molar-refractivity contribution < 1.29 is 27.5 Å². The number of alkyl halides is 3. The number of amides is 2. The highest BCUT2D eigenvalue weighted by Gasteiger charge is 2.46. The summed E-state index contributed by atoms with van der Waals surface area (Å²) in [6.07, 6.45) is -0.306. The van der Waals surface area contributed by atoms with E-state index in [0.717, 1.165) is 24.9 Å². The van der Waals surface area contributed by atoms with Crippen molar-refractivity contribution in [2.24, 2.45) is 11.8 Å². The predicted octanol–water partition coefficient (Wildman–Crippen LogP) is 4.06. The van der Waals surface area contributed by atoms with Gasteiger partial charge in [-0.3, -0.25) is 9.59 Å². The summed E-state index contributed by atoms with van der Waals surface area (Å²) in [6, 6.07) is 5.95. The smallest absolute Gasteiger partial charge is 0.406 e. The SMILES string of the molecule is CCC(=O)N[C@]1(C)C[C@H](C(=O)N2CCC[C@H](Cc3ccc(OC(F)(F)F)cc3)C2)C1. The van der Waals surface area contributed by atoms with Crippen molar-refractivity contribution in [3.8, 4) is 5.75 Å². The van der Waals surface area contributed by atoms with Crippen LogP contribution < -0.4 is 10.1 Å². The highest BCUT2D eigenvalue weighted by Crippen LogP contribution is 2.39. The Morgan fingerprint density at radius 1 is 1.23 bits per heavy atom. The van der Waals surface area contributed by atoms with Crippen LogP contribution in [-0.4, -0.2) is 41.7 Å². The topological polar surface area (TPSA) is 58.6 Å². The Balaban J connectivity index is 1.50. The molecule has 1 saturated carbocycles. The Morgan fingerprint density at radius 3 is 2.50 bits per heavy atom. The molecule has 1 aromatic rings. The van der Waals surface area contributed by atoms with Crippen LogP contribution in [0.25, 0.3) is 0 Å². The number of hydrogen-bond acceptors (Lipinski definition) is 3. The van der Waals surface area contributed by atoms with Crippen LogP contribution >= 0.6 is 0 Å². The molecule has 0 aromatic heterocycles. The van der Waals surface area contributed by atoms with E-state index in [9.17, 15) is 22.8 Å². The van der Waals surface area contributed by atoms with Gasteiger partial charge in [-0.05, 0) is 62.6 Å². The number of piperidine rings is 1. The normalized spacial score (nSPS) is 26.6. The fourth-order valence-electron chi connectivity index (χ4n) is 4.58. The third-order valence-electron chi connectivity index (χ3n) is 6.02. The minimum absolute atomic E-state index is 0.00749. The molecule has 1 saturated heterocycles. The lowest BCUT2D eigenvalue weighted by atomic mass is 9.68. The standard InChI is InChI=1S/C22H29F3N2O3/c1-3-19(28)26-21(2)12-17(13-21)20(29)27-10-4-5-16(14-27)11-15-6-8-18(9-7-15)30-22(23,24)25/h6-9,16-17H,3-5,10-14H2,1-2H3,(H,26,28)/t16-,17-,21+/m1/s1. The van der Waals surface area contributed by atoms with Gasteiger partial charge in [0, 0.05) is 31.0 Å². The van der Waals surface area contributed by atoms with Gasteiger partial charge in [0.2, 0.25) is 11.8 Å². The zero-order chi connectivity index (χ0) is 21.9. The second-order valence-corrected chi connectivity index (χ2v) is 8.76. The molecule has 3 rings (SSSR count).